The van der Waals surface area contributed by atoms with E-state index in [0.717, 1.165) is 76.5 Å². The van der Waals surface area contributed by atoms with E-state index < -0.39 is 0 Å². The van der Waals surface area contributed by atoms with Crippen LogP contribution in [0.2, 0.25) is 0 Å². The van der Waals surface area contributed by atoms with Gasteiger partial charge in [0.15, 0.2) is 11.5 Å². The molecule has 6 rings (SSSR count). The maximum atomic E-state index is 6.49. The van der Waals surface area contributed by atoms with E-state index in [4.69, 9.17) is 18.9 Å². The summed E-state index contributed by atoms with van der Waals surface area (Å²) >= 11 is 0. The van der Waals surface area contributed by atoms with Crippen molar-refractivity contribution in [2.24, 2.45) is 0 Å². The van der Waals surface area contributed by atoms with Gasteiger partial charge >= 0.3 is 0 Å². The third kappa shape index (κ3) is 6.40. The molecule has 0 amide bonds. The molecular formula is C39H48N2O4+2. The highest BCUT2D eigenvalue weighted by Gasteiger charge is 2.37. The van der Waals surface area contributed by atoms with Crippen LogP contribution in [0.3, 0.4) is 0 Å². The predicted molar refractivity (Wildman–Crippen MR) is 180 cm³/mol. The average molecular weight is 609 g/mol. The Kier molecular flexibility index (Phi) is 8.55. The van der Waals surface area contributed by atoms with Crippen LogP contribution >= 0.6 is 0 Å². The second-order valence-electron chi connectivity index (χ2n) is 13.8. The molecule has 0 radical (unpaired) electrons. The maximum Gasteiger partial charge on any atom is 0.169 e. The van der Waals surface area contributed by atoms with Crippen LogP contribution in [0.25, 0.3) is 0 Å². The Morgan fingerprint density at radius 1 is 0.533 bits per heavy atom. The molecule has 236 valence electrons. The second kappa shape index (κ2) is 12.4. The molecule has 0 aliphatic carbocycles. The highest BCUT2D eigenvalue weighted by Crippen LogP contribution is 2.41. The van der Waals surface area contributed by atoms with Crippen LogP contribution in [0.1, 0.15) is 45.5 Å². The molecule has 0 saturated heterocycles. The fourth-order valence-electron chi connectivity index (χ4n) is 7.27. The predicted octanol–water partition coefficient (Wildman–Crippen LogP) is 7.34. The summed E-state index contributed by atoms with van der Waals surface area (Å²) in [5, 5.41) is 0. The largest absolute Gasteiger partial charge is 0.497 e. The fourth-order valence-corrected chi connectivity index (χ4v) is 7.27. The summed E-state index contributed by atoms with van der Waals surface area (Å²) in [4.78, 5) is 0. The molecule has 4 aromatic rings. The van der Waals surface area contributed by atoms with E-state index in [9.17, 15) is 0 Å². The van der Waals surface area contributed by atoms with E-state index in [1.165, 1.54) is 33.4 Å². The van der Waals surface area contributed by atoms with Crippen molar-refractivity contribution in [3.63, 3.8) is 0 Å². The number of fused-ring (bicyclic) bond motifs is 2. The van der Waals surface area contributed by atoms with E-state index in [0.29, 0.717) is 12.1 Å². The first-order valence-corrected chi connectivity index (χ1v) is 16.0. The van der Waals surface area contributed by atoms with Gasteiger partial charge in [0.25, 0.3) is 0 Å². The van der Waals surface area contributed by atoms with Crippen molar-refractivity contribution in [1.82, 2.24) is 0 Å². The number of nitrogens with zero attached hydrogens (tertiary/aromatic N) is 2. The number of ether oxygens (including phenoxy) is 4. The van der Waals surface area contributed by atoms with Crippen LogP contribution < -0.4 is 18.9 Å². The minimum absolute atomic E-state index is 0.317. The first kappa shape index (κ1) is 31.0. The van der Waals surface area contributed by atoms with Gasteiger partial charge in [-0.15, -0.1) is 0 Å². The van der Waals surface area contributed by atoms with Gasteiger partial charge in [0.1, 0.15) is 29.3 Å². The highest BCUT2D eigenvalue weighted by molar-refractivity contribution is 5.47. The van der Waals surface area contributed by atoms with E-state index in [-0.39, 0.29) is 0 Å². The molecule has 6 heteroatoms. The minimum atomic E-state index is 0.317. The number of rotatable bonds is 9. The summed E-state index contributed by atoms with van der Waals surface area (Å²) in [6.07, 6.45) is 4.02. The van der Waals surface area contributed by atoms with E-state index >= 15 is 0 Å². The molecule has 0 N–H and O–H groups in total. The Bertz CT molecular complexity index is 1660. The summed E-state index contributed by atoms with van der Waals surface area (Å²) in [5.74, 6) is 4.11. The van der Waals surface area contributed by atoms with Gasteiger partial charge in [0, 0.05) is 36.8 Å². The smallest absolute Gasteiger partial charge is 0.169 e. The molecule has 0 aromatic heterocycles. The standard InChI is InChI=1S/C39H48N2O4/c1-40(2)20-18-29-11-15-32(42-5)25-34(29)36(40)22-27-8-13-31(14-9-27)45-39-24-28(10-17-38(39)44-7)23-37-35-26-33(43-6)16-12-30(35)19-21-41(37,3)4/h8-17,24-26,36-37H,18-23H2,1-7H3/q+2/t36-,37-/m0/s1. The van der Waals surface area contributed by atoms with Crippen molar-refractivity contribution < 1.29 is 27.9 Å². The van der Waals surface area contributed by atoms with Crippen molar-refractivity contribution in [2.75, 3.05) is 62.6 Å². The van der Waals surface area contributed by atoms with Gasteiger partial charge in [-0.1, -0.05) is 30.3 Å². The monoisotopic (exact) mass is 608 g/mol. The van der Waals surface area contributed by atoms with Gasteiger partial charge in [0.05, 0.1) is 62.6 Å². The molecule has 2 atom stereocenters. The maximum absolute atomic E-state index is 6.49. The molecule has 0 spiro atoms. The SMILES string of the molecule is COc1ccc2c(c1)[C@H](Cc1ccc(Oc3cc(C[C@H]4c5cc(OC)ccc5CC[N+]4(C)C)ccc3OC)cc1)[N+](C)(C)CC2. The number of quaternary nitrogens is 2. The van der Waals surface area contributed by atoms with Crippen LogP contribution in [0.15, 0.2) is 78.9 Å². The van der Waals surface area contributed by atoms with Gasteiger partial charge in [-0.25, -0.2) is 0 Å². The second-order valence-corrected chi connectivity index (χ2v) is 13.8. The van der Waals surface area contributed by atoms with Crippen molar-refractivity contribution in [2.45, 2.75) is 37.8 Å². The van der Waals surface area contributed by atoms with E-state index in [1.807, 2.05) is 6.07 Å². The summed E-state index contributed by atoms with van der Waals surface area (Å²) in [7, 11) is 14.5. The molecule has 0 fully saturated rings. The van der Waals surface area contributed by atoms with Gasteiger partial charge in [-0.05, 0) is 70.8 Å². The lowest BCUT2D eigenvalue weighted by molar-refractivity contribution is -0.923. The Balaban J connectivity index is 1.22. The molecule has 2 aliphatic rings. The molecule has 0 bridgehead atoms. The van der Waals surface area contributed by atoms with Gasteiger partial charge in [0.2, 0.25) is 0 Å². The molecule has 2 aliphatic heterocycles. The fraction of sp³-hybridized carbons (Fsp3) is 0.385. The lowest BCUT2D eigenvalue weighted by Gasteiger charge is -2.43. The van der Waals surface area contributed by atoms with Crippen LogP contribution in [-0.2, 0) is 25.7 Å². The van der Waals surface area contributed by atoms with Crippen molar-refractivity contribution >= 4 is 0 Å². The molecular weight excluding hydrogens is 560 g/mol. The van der Waals surface area contributed by atoms with Crippen LogP contribution in [0.5, 0.6) is 28.7 Å². The zero-order valence-corrected chi connectivity index (χ0v) is 27.9. The third-order valence-electron chi connectivity index (χ3n) is 10.3. The average Bonchev–Trinajstić information content (AvgIpc) is 3.04. The van der Waals surface area contributed by atoms with Gasteiger partial charge in [-0.3, -0.25) is 0 Å². The number of likely N-dealkylation sites (N-methyl/N-ethyl adjacent to an activating group) is 2. The van der Waals surface area contributed by atoms with Crippen molar-refractivity contribution in [3.8, 4) is 28.7 Å². The summed E-state index contributed by atoms with van der Waals surface area (Å²) in [6.45, 7) is 2.23. The van der Waals surface area contributed by atoms with Crippen LogP contribution in [0, 0.1) is 0 Å². The van der Waals surface area contributed by atoms with E-state index in [1.54, 1.807) is 21.3 Å². The Hall–Kier alpha value is -4.00. The minimum Gasteiger partial charge on any atom is -0.497 e. The summed E-state index contributed by atoms with van der Waals surface area (Å²) in [6, 6.07) is 28.7. The van der Waals surface area contributed by atoms with Gasteiger partial charge < -0.3 is 27.9 Å². The van der Waals surface area contributed by atoms with Gasteiger partial charge in [-0.2, -0.15) is 0 Å². The number of methoxy groups -OCH3 is 3. The summed E-state index contributed by atoms with van der Waals surface area (Å²) < 4.78 is 25.3. The molecule has 45 heavy (non-hydrogen) atoms. The number of hydrogen-bond acceptors (Lipinski definition) is 4. The number of hydrogen-bond donors (Lipinski definition) is 0. The normalized spacial score (nSPS) is 19.6. The Morgan fingerprint density at radius 2 is 1.02 bits per heavy atom. The zero-order valence-electron chi connectivity index (χ0n) is 27.9. The lowest BCUT2D eigenvalue weighted by Crippen LogP contribution is -2.48. The third-order valence-corrected chi connectivity index (χ3v) is 10.3. The molecule has 0 unspecified atom stereocenters. The molecule has 0 saturated carbocycles. The first-order valence-electron chi connectivity index (χ1n) is 16.0. The van der Waals surface area contributed by atoms with Crippen molar-refractivity contribution in [3.05, 3.63) is 112 Å². The molecule has 2 heterocycles. The number of benzene rings is 4. The Labute approximate surface area is 268 Å². The quantitative estimate of drug-likeness (QED) is 0.186. The van der Waals surface area contributed by atoms with E-state index in [2.05, 4.69) is 101 Å². The molecule has 4 aromatic carbocycles. The molecule has 6 nitrogen and oxygen atoms in total. The van der Waals surface area contributed by atoms with Crippen LogP contribution in [0.4, 0.5) is 0 Å². The zero-order chi connectivity index (χ0) is 31.8. The topological polar surface area (TPSA) is 36.9 Å². The Morgan fingerprint density at radius 3 is 1.53 bits per heavy atom. The lowest BCUT2D eigenvalue weighted by atomic mass is 9.87. The first-order chi connectivity index (χ1) is 21.6. The van der Waals surface area contributed by atoms with Crippen LogP contribution in [-0.4, -0.2) is 71.6 Å². The summed E-state index contributed by atoms with van der Waals surface area (Å²) in [5.41, 5.74) is 8.14. The van der Waals surface area contributed by atoms with Crippen molar-refractivity contribution in [1.29, 1.82) is 0 Å². The highest BCUT2D eigenvalue weighted by atomic mass is 16.5.